The number of thiazole rings is 1. The maximum atomic E-state index is 6.15. The molecule has 0 aromatic carbocycles. The highest BCUT2D eigenvalue weighted by Gasteiger charge is 2.16. The fraction of sp³-hybridized carbons (Fsp3) is 0.500. The molecule has 4 nitrogen and oxygen atoms in total. The van der Waals surface area contributed by atoms with Gasteiger partial charge in [-0.25, -0.2) is 4.98 Å². The van der Waals surface area contributed by atoms with E-state index in [1.54, 1.807) is 11.3 Å². The average molecular weight is 258 g/mol. The lowest BCUT2D eigenvalue weighted by molar-refractivity contribution is 0.0335. The average Bonchev–Trinajstić information content (AvgIpc) is 2.84. The molecule has 16 heavy (non-hydrogen) atoms. The van der Waals surface area contributed by atoms with Crippen LogP contribution in [0.1, 0.15) is 5.69 Å². The SMILES string of the molecule is Clc1nc2sccn2c1CN1CCOCC1. The Morgan fingerprint density at radius 2 is 2.25 bits per heavy atom. The van der Waals surface area contributed by atoms with Crippen molar-refractivity contribution in [3.63, 3.8) is 0 Å². The third-order valence-corrected chi connectivity index (χ3v) is 3.85. The summed E-state index contributed by atoms with van der Waals surface area (Å²) in [5.74, 6) is 0. The van der Waals surface area contributed by atoms with Crippen LogP contribution in [-0.4, -0.2) is 40.6 Å². The molecule has 0 aliphatic carbocycles. The molecule has 0 amide bonds. The molecule has 2 aromatic heterocycles. The molecule has 0 atom stereocenters. The number of hydrogen-bond donors (Lipinski definition) is 0. The Morgan fingerprint density at radius 1 is 1.44 bits per heavy atom. The molecule has 1 fully saturated rings. The molecule has 1 saturated heterocycles. The van der Waals surface area contributed by atoms with E-state index in [-0.39, 0.29) is 0 Å². The molecule has 0 N–H and O–H groups in total. The van der Waals surface area contributed by atoms with Crippen molar-refractivity contribution in [3.05, 3.63) is 22.4 Å². The number of ether oxygens (including phenoxy) is 1. The van der Waals surface area contributed by atoms with Crippen molar-refractivity contribution in [2.24, 2.45) is 0 Å². The van der Waals surface area contributed by atoms with E-state index in [1.165, 1.54) is 0 Å². The van der Waals surface area contributed by atoms with Crippen molar-refractivity contribution >= 4 is 27.9 Å². The van der Waals surface area contributed by atoms with Crippen LogP contribution in [0.3, 0.4) is 0 Å². The summed E-state index contributed by atoms with van der Waals surface area (Å²) < 4.78 is 7.40. The van der Waals surface area contributed by atoms with Crippen molar-refractivity contribution in [1.82, 2.24) is 14.3 Å². The second kappa shape index (κ2) is 4.33. The van der Waals surface area contributed by atoms with Gasteiger partial charge in [0.15, 0.2) is 10.1 Å². The van der Waals surface area contributed by atoms with Crippen molar-refractivity contribution in [2.75, 3.05) is 26.3 Å². The van der Waals surface area contributed by atoms with Crippen LogP contribution in [0.15, 0.2) is 11.6 Å². The first kappa shape index (κ1) is 10.5. The molecule has 0 saturated carbocycles. The molecule has 0 bridgehead atoms. The van der Waals surface area contributed by atoms with Gasteiger partial charge in [-0.1, -0.05) is 11.6 Å². The van der Waals surface area contributed by atoms with Gasteiger partial charge in [-0.05, 0) is 0 Å². The van der Waals surface area contributed by atoms with Gasteiger partial charge < -0.3 is 4.74 Å². The topological polar surface area (TPSA) is 29.8 Å². The van der Waals surface area contributed by atoms with Gasteiger partial charge in [0.25, 0.3) is 0 Å². The molecular formula is C10H12ClN3OS. The van der Waals surface area contributed by atoms with Crippen LogP contribution in [-0.2, 0) is 11.3 Å². The number of imidazole rings is 1. The Bertz CT molecular complexity index is 489. The van der Waals surface area contributed by atoms with Crippen LogP contribution >= 0.6 is 22.9 Å². The highest BCUT2D eigenvalue weighted by Crippen LogP contribution is 2.22. The van der Waals surface area contributed by atoms with Crippen LogP contribution < -0.4 is 0 Å². The Labute approximate surface area is 102 Å². The fourth-order valence-corrected chi connectivity index (χ4v) is 2.93. The van der Waals surface area contributed by atoms with Crippen LogP contribution in [0.2, 0.25) is 5.15 Å². The molecule has 0 unspecified atom stereocenters. The zero-order valence-electron chi connectivity index (χ0n) is 8.73. The van der Waals surface area contributed by atoms with E-state index in [1.807, 2.05) is 11.6 Å². The first-order chi connectivity index (χ1) is 7.84. The minimum absolute atomic E-state index is 0.623. The minimum Gasteiger partial charge on any atom is -0.379 e. The first-order valence-corrected chi connectivity index (χ1v) is 6.50. The highest BCUT2D eigenvalue weighted by molar-refractivity contribution is 7.15. The molecule has 1 aliphatic rings. The van der Waals surface area contributed by atoms with Crippen LogP contribution in [0.4, 0.5) is 0 Å². The third kappa shape index (κ3) is 1.84. The number of aromatic nitrogens is 2. The van der Waals surface area contributed by atoms with Crippen molar-refractivity contribution in [2.45, 2.75) is 6.54 Å². The summed E-state index contributed by atoms with van der Waals surface area (Å²) in [5, 5.41) is 2.65. The lowest BCUT2D eigenvalue weighted by Gasteiger charge is -2.26. The van der Waals surface area contributed by atoms with Gasteiger partial charge >= 0.3 is 0 Å². The van der Waals surface area contributed by atoms with Crippen LogP contribution in [0, 0.1) is 0 Å². The van der Waals surface area contributed by atoms with Crippen LogP contribution in [0.25, 0.3) is 4.96 Å². The number of rotatable bonds is 2. The van der Waals surface area contributed by atoms with Crippen molar-refractivity contribution in [3.8, 4) is 0 Å². The minimum atomic E-state index is 0.623. The van der Waals surface area contributed by atoms with Gasteiger partial charge in [0, 0.05) is 31.2 Å². The molecule has 0 spiro atoms. The summed E-state index contributed by atoms with van der Waals surface area (Å²) in [6, 6.07) is 0. The summed E-state index contributed by atoms with van der Waals surface area (Å²) in [5.41, 5.74) is 1.08. The number of nitrogens with zero attached hydrogens (tertiary/aromatic N) is 3. The molecule has 3 rings (SSSR count). The van der Waals surface area contributed by atoms with E-state index < -0.39 is 0 Å². The normalized spacial score (nSPS) is 18.3. The third-order valence-electron chi connectivity index (χ3n) is 2.79. The second-order valence-corrected chi connectivity index (χ2v) is 5.02. The molecule has 1 aliphatic heterocycles. The molecule has 6 heteroatoms. The second-order valence-electron chi connectivity index (χ2n) is 3.79. The summed E-state index contributed by atoms with van der Waals surface area (Å²) in [7, 11) is 0. The molecular weight excluding hydrogens is 246 g/mol. The molecule has 2 aromatic rings. The largest absolute Gasteiger partial charge is 0.379 e. The smallest absolute Gasteiger partial charge is 0.195 e. The van der Waals surface area contributed by atoms with Gasteiger partial charge in [-0.2, -0.15) is 0 Å². The maximum absolute atomic E-state index is 6.15. The number of hydrogen-bond acceptors (Lipinski definition) is 4. The van der Waals surface area contributed by atoms with Crippen molar-refractivity contribution < 1.29 is 4.74 Å². The van der Waals surface area contributed by atoms with E-state index in [0.717, 1.165) is 43.5 Å². The Hall–Kier alpha value is -0.620. The predicted octanol–water partition coefficient (Wildman–Crippen LogP) is 1.88. The Morgan fingerprint density at radius 3 is 3.06 bits per heavy atom. The summed E-state index contributed by atoms with van der Waals surface area (Å²) >= 11 is 7.75. The van der Waals surface area contributed by atoms with E-state index in [9.17, 15) is 0 Å². The lowest BCUT2D eigenvalue weighted by atomic mass is 10.3. The Kier molecular flexibility index (Phi) is 2.85. The first-order valence-electron chi connectivity index (χ1n) is 5.24. The summed E-state index contributed by atoms with van der Waals surface area (Å²) in [6.07, 6.45) is 2.02. The maximum Gasteiger partial charge on any atom is 0.195 e. The summed E-state index contributed by atoms with van der Waals surface area (Å²) in [6.45, 7) is 4.40. The monoisotopic (exact) mass is 257 g/mol. The lowest BCUT2D eigenvalue weighted by Crippen LogP contribution is -2.36. The van der Waals surface area contributed by atoms with Gasteiger partial charge in [0.1, 0.15) is 0 Å². The zero-order chi connectivity index (χ0) is 11.0. The number of halogens is 1. The standard InChI is InChI=1S/C10H12ClN3OS/c11-9-8(7-13-1-4-15-5-2-13)14-3-6-16-10(14)12-9/h3,6H,1-2,4-5,7H2. The van der Waals surface area contributed by atoms with Gasteiger partial charge in [-0.15, -0.1) is 11.3 Å². The number of morpholine rings is 1. The molecule has 3 heterocycles. The van der Waals surface area contributed by atoms with Gasteiger partial charge in [0.2, 0.25) is 0 Å². The van der Waals surface area contributed by atoms with Crippen LogP contribution in [0.5, 0.6) is 0 Å². The van der Waals surface area contributed by atoms with E-state index in [0.29, 0.717) is 5.15 Å². The van der Waals surface area contributed by atoms with Gasteiger partial charge in [-0.3, -0.25) is 9.30 Å². The number of fused-ring (bicyclic) bond motifs is 1. The van der Waals surface area contributed by atoms with E-state index >= 15 is 0 Å². The summed E-state index contributed by atoms with van der Waals surface area (Å²) in [4.78, 5) is 7.64. The van der Waals surface area contributed by atoms with Gasteiger partial charge in [0.05, 0.1) is 18.9 Å². The molecule has 86 valence electrons. The quantitative estimate of drug-likeness (QED) is 0.823. The predicted molar refractivity (Wildman–Crippen MR) is 64.2 cm³/mol. The van der Waals surface area contributed by atoms with E-state index in [2.05, 4.69) is 14.3 Å². The van der Waals surface area contributed by atoms with E-state index in [4.69, 9.17) is 16.3 Å². The Balaban J connectivity index is 1.86. The zero-order valence-corrected chi connectivity index (χ0v) is 10.3. The van der Waals surface area contributed by atoms with Crippen molar-refractivity contribution in [1.29, 1.82) is 0 Å². The highest BCUT2D eigenvalue weighted by atomic mass is 35.5. The fourth-order valence-electron chi connectivity index (χ4n) is 1.92. The molecule has 0 radical (unpaired) electrons.